The van der Waals surface area contributed by atoms with Crippen molar-refractivity contribution in [2.45, 2.75) is 0 Å². The number of rotatable bonds is 2. The van der Waals surface area contributed by atoms with Gasteiger partial charge >= 0.3 is 0 Å². The van der Waals surface area contributed by atoms with E-state index in [0.717, 1.165) is 6.26 Å². The van der Waals surface area contributed by atoms with Gasteiger partial charge in [0, 0.05) is 15.6 Å². The van der Waals surface area contributed by atoms with Crippen LogP contribution in [0.4, 0.5) is 11.4 Å². The van der Waals surface area contributed by atoms with Gasteiger partial charge in [-0.1, -0.05) is 24.3 Å². The second-order valence-corrected chi connectivity index (χ2v) is 7.75. The maximum atomic E-state index is 12.8. The molecule has 0 radical (unpaired) electrons. The van der Waals surface area contributed by atoms with Crippen molar-refractivity contribution in [2.75, 3.05) is 16.7 Å². The number of benzene rings is 2. The van der Waals surface area contributed by atoms with E-state index in [1.54, 1.807) is 18.2 Å². The number of carbonyl (C=O) groups is 2. The molecule has 0 aliphatic heterocycles. The Bertz CT molecular complexity index is 983. The first-order valence-corrected chi connectivity index (χ1v) is 9.17. The summed E-state index contributed by atoms with van der Waals surface area (Å²) in [5.41, 5.74) is 6.53. The van der Waals surface area contributed by atoms with Gasteiger partial charge in [-0.15, -0.1) is 0 Å². The first kappa shape index (κ1) is 15.7. The van der Waals surface area contributed by atoms with E-state index in [1.165, 1.54) is 12.1 Å². The third kappa shape index (κ3) is 2.53. The quantitative estimate of drug-likeness (QED) is 0.647. The summed E-state index contributed by atoms with van der Waals surface area (Å²) in [5, 5.41) is 0. The van der Waals surface area contributed by atoms with Crippen molar-refractivity contribution < 1.29 is 18.0 Å². The van der Waals surface area contributed by atoms with E-state index in [4.69, 9.17) is 5.73 Å². The van der Waals surface area contributed by atoms with E-state index in [1.807, 2.05) is 0 Å². The number of nitrogens with two attached hydrogens (primary N) is 1. The van der Waals surface area contributed by atoms with Crippen LogP contribution in [-0.4, -0.2) is 26.2 Å². The van der Waals surface area contributed by atoms with Crippen LogP contribution >= 0.6 is 15.9 Å². The molecule has 0 saturated carbocycles. The van der Waals surface area contributed by atoms with Crippen molar-refractivity contribution >= 4 is 48.9 Å². The van der Waals surface area contributed by atoms with Gasteiger partial charge in [0.25, 0.3) is 0 Å². The highest BCUT2D eigenvalue weighted by Crippen LogP contribution is 2.39. The summed E-state index contributed by atoms with van der Waals surface area (Å²) in [4.78, 5) is 25.5. The first-order valence-electron chi connectivity index (χ1n) is 6.49. The molecule has 0 bridgehead atoms. The van der Waals surface area contributed by atoms with Crippen molar-refractivity contribution in [2.24, 2.45) is 0 Å². The predicted octanol–water partition coefficient (Wildman–Crippen LogP) is 2.18. The number of hydrogen-bond acceptors (Lipinski definition) is 5. The predicted molar refractivity (Wildman–Crippen MR) is 90.3 cm³/mol. The molecule has 0 aromatic heterocycles. The SMILES string of the molecule is CS(=O)(=O)Nc1cc(Br)c(N)c2c1C(=O)c1ccccc1C2=O. The van der Waals surface area contributed by atoms with Gasteiger partial charge in [-0.2, -0.15) is 0 Å². The van der Waals surface area contributed by atoms with Crippen LogP contribution in [-0.2, 0) is 10.0 Å². The molecule has 8 heteroatoms. The average Bonchev–Trinajstić information content (AvgIpc) is 2.47. The standard InChI is InChI=1S/C15H11BrN2O4S/c1-23(21,22)18-10-6-9(16)13(17)12-11(10)14(19)7-4-2-3-5-8(7)15(12)20/h2-6,18H,17H2,1H3. The Morgan fingerprint density at radius 2 is 1.57 bits per heavy atom. The highest BCUT2D eigenvalue weighted by atomic mass is 79.9. The Morgan fingerprint density at radius 1 is 1.04 bits per heavy atom. The average molecular weight is 395 g/mol. The molecular weight excluding hydrogens is 384 g/mol. The monoisotopic (exact) mass is 394 g/mol. The van der Waals surface area contributed by atoms with Crippen LogP contribution in [0.5, 0.6) is 0 Å². The number of sulfonamides is 1. The number of nitrogen functional groups attached to an aromatic ring is 1. The molecule has 0 unspecified atom stereocenters. The number of nitrogens with one attached hydrogen (secondary N) is 1. The fourth-order valence-electron chi connectivity index (χ4n) is 2.57. The van der Waals surface area contributed by atoms with E-state index in [2.05, 4.69) is 20.7 Å². The van der Waals surface area contributed by atoms with E-state index in [0.29, 0.717) is 4.47 Å². The van der Waals surface area contributed by atoms with Crippen molar-refractivity contribution in [3.8, 4) is 0 Å². The highest BCUT2D eigenvalue weighted by Gasteiger charge is 2.34. The number of anilines is 2. The molecule has 23 heavy (non-hydrogen) atoms. The zero-order chi connectivity index (χ0) is 16.9. The molecule has 2 aromatic carbocycles. The van der Waals surface area contributed by atoms with Crippen molar-refractivity contribution in [3.05, 3.63) is 57.1 Å². The second-order valence-electron chi connectivity index (χ2n) is 5.15. The van der Waals surface area contributed by atoms with Crippen LogP contribution in [0.3, 0.4) is 0 Å². The third-order valence-electron chi connectivity index (χ3n) is 3.48. The van der Waals surface area contributed by atoms with Gasteiger partial charge in [0.15, 0.2) is 11.6 Å². The van der Waals surface area contributed by atoms with Crippen LogP contribution in [0.25, 0.3) is 0 Å². The van der Waals surface area contributed by atoms with Crippen LogP contribution < -0.4 is 10.5 Å². The fourth-order valence-corrected chi connectivity index (χ4v) is 3.55. The van der Waals surface area contributed by atoms with Crippen LogP contribution in [0, 0.1) is 0 Å². The third-order valence-corrected chi connectivity index (χ3v) is 4.73. The van der Waals surface area contributed by atoms with E-state index >= 15 is 0 Å². The number of ketones is 2. The zero-order valence-corrected chi connectivity index (χ0v) is 14.3. The lowest BCUT2D eigenvalue weighted by Crippen LogP contribution is -2.25. The Kier molecular flexibility index (Phi) is 3.53. The Morgan fingerprint density at radius 3 is 2.09 bits per heavy atom. The number of fused-ring (bicyclic) bond motifs is 2. The van der Waals surface area contributed by atoms with E-state index in [-0.39, 0.29) is 33.6 Å². The molecule has 0 amide bonds. The molecule has 6 nitrogen and oxygen atoms in total. The molecule has 0 saturated heterocycles. The van der Waals surface area contributed by atoms with Gasteiger partial charge in [0.2, 0.25) is 10.0 Å². The molecular formula is C15H11BrN2O4S. The van der Waals surface area contributed by atoms with Gasteiger partial charge < -0.3 is 5.73 Å². The lowest BCUT2D eigenvalue weighted by molar-refractivity contribution is 0.0980. The van der Waals surface area contributed by atoms with Crippen LogP contribution in [0.15, 0.2) is 34.8 Å². The lowest BCUT2D eigenvalue weighted by Gasteiger charge is -2.22. The second kappa shape index (κ2) is 5.17. The zero-order valence-electron chi connectivity index (χ0n) is 11.9. The summed E-state index contributed by atoms with van der Waals surface area (Å²) in [7, 11) is -3.63. The maximum Gasteiger partial charge on any atom is 0.229 e. The minimum Gasteiger partial charge on any atom is -0.397 e. The smallest absolute Gasteiger partial charge is 0.229 e. The van der Waals surface area contributed by atoms with Crippen LogP contribution in [0.1, 0.15) is 31.8 Å². The molecule has 2 aromatic rings. The molecule has 3 rings (SSSR count). The summed E-state index contributed by atoms with van der Waals surface area (Å²) < 4.78 is 25.7. The molecule has 118 valence electrons. The van der Waals surface area contributed by atoms with Gasteiger partial charge in [-0.25, -0.2) is 8.42 Å². The molecule has 3 N–H and O–H groups in total. The van der Waals surface area contributed by atoms with Gasteiger partial charge in [-0.3, -0.25) is 14.3 Å². The Labute approximate surface area is 140 Å². The maximum absolute atomic E-state index is 12.8. The van der Waals surface area contributed by atoms with Crippen molar-refractivity contribution in [3.63, 3.8) is 0 Å². The van der Waals surface area contributed by atoms with Gasteiger partial charge in [-0.05, 0) is 22.0 Å². The molecule has 1 aliphatic carbocycles. The van der Waals surface area contributed by atoms with Crippen LogP contribution in [0.2, 0.25) is 0 Å². The molecule has 0 atom stereocenters. The van der Waals surface area contributed by atoms with Gasteiger partial charge in [0.05, 0.1) is 28.8 Å². The van der Waals surface area contributed by atoms with E-state index in [9.17, 15) is 18.0 Å². The number of halogens is 1. The molecule has 1 aliphatic rings. The van der Waals surface area contributed by atoms with Crippen molar-refractivity contribution in [1.29, 1.82) is 0 Å². The lowest BCUT2D eigenvalue weighted by atomic mass is 9.82. The van der Waals surface area contributed by atoms with Gasteiger partial charge in [0.1, 0.15) is 0 Å². The molecule has 0 spiro atoms. The Balaban J connectivity index is 2.37. The minimum absolute atomic E-state index is 0.00854. The minimum atomic E-state index is -3.63. The Hall–Kier alpha value is -2.19. The normalized spacial score (nSPS) is 13.5. The fraction of sp³-hybridized carbons (Fsp3) is 0.0667. The summed E-state index contributed by atoms with van der Waals surface area (Å²) >= 11 is 3.20. The highest BCUT2D eigenvalue weighted by molar-refractivity contribution is 9.10. The summed E-state index contributed by atoms with van der Waals surface area (Å²) in [6.45, 7) is 0. The summed E-state index contributed by atoms with van der Waals surface area (Å²) in [5.74, 6) is -0.855. The van der Waals surface area contributed by atoms with E-state index < -0.39 is 21.6 Å². The summed E-state index contributed by atoms with van der Waals surface area (Å²) in [6.07, 6.45) is 0.965. The largest absolute Gasteiger partial charge is 0.397 e. The first-order chi connectivity index (χ1) is 10.7. The number of hydrogen-bond donors (Lipinski definition) is 2. The summed E-state index contributed by atoms with van der Waals surface area (Å²) in [6, 6.07) is 7.75. The van der Waals surface area contributed by atoms with Crippen molar-refractivity contribution in [1.82, 2.24) is 0 Å². The number of carbonyl (C=O) groups excluding carboxylic acids is 2. The molecule has 0 fully saturated rings. The molecule has 0 heterocycles. The topological polar surface area (TPSA) is 106 Å².